The molecule has 1 unspecified atom stereocenters. The van der Waals surface area contributed by atoms with Gasteiger partial charge in [-0.25, -0.2) is 0 Å². The largest absolute Gasteiger partial charge is 0.311 e. The lowest BCUT2D eigenvalue weighted by Gasteiger charge is -2.46. The number of hydrogen-bond acceptors (Lipinski definition) is 2. The van der Waals surface area contributed by atoms with Crippen LogP contribution in [0.2, 0.25) is 0 Å². The molecule has 2 nitrogen and oxygen atoms in total. The second-order valence-corrected chi connectivity index (χ2v) is 6.60. The van der Waals surface area contributed by atoms with Crippen LogP contribution in [-0.2, 0) is 6.54 Å². The van der Waals surface area contributed by atoms with Crippen LogP contribution < -0.4 is 5.32 Å². The van der Waals surface area contributed by atoms with Gasteiger partial charge < -0.3 is 5.32 Å². The quantitative estimate of drug-likeness (QED) is 0.897. The molecule has 2 heteroatoms. The molecular weight excluding hydrogens is 232 g/mol. The van der Waals surface area contributed by atoms with Crippen molar-refractivity contribution in [2.24, 2.45) is 0 Å². The fourth-order valence-electron chi connectivity index (χ4n) is 2.76. The highest BCUT2D eigenvalue weighted by molar-refractivity contribution is 5.30. The zero-order chi connectivity index (χ0) is 14.0. The summed E-state index contributed by atoms with van der Waals surface area (Å²) in [5, 5.41) is 3.65. The van der Waals surface area contributed by atoms with Crippen molar-refractivity contribution in [2.75, 3.05) is 13.1 Å². The van der Waals surface area contributed by atoms with Gasteiger partial charge in [-0.2, -0.15) is 0 Å². The van der Waals surface area contributed by atoms with E-state index in [9.17, 15) is 0 Å². The highest BCUT2D eigenvalue weighted by Gasteiger charge is 2.33. The van der Waals surface area contributed by atoms with Crippen LogP contribution >= 0.6 is 0 Å². The van der Waals surface area contributed by atoms with Crippen molar-refractivity contribution in [1.29, 1.82) is 0 Å². The van der Waals surface area contributed by atoms with Crippen molar-refractivity contribution in [1.82, 2.24) is 10.2 Å². The second-order valence-electron chi connectivity index (χ2n) is 6.60. The summed E-state index contributed by atoms with van der Waals surface area (Å²) in [5.74, 6) is 0. The Hall–Kier alpha value is -0.860. The lowest BCUT2D eigenvalue weighted by Crippen LogP contribution is -2.61. The number of nitrogens with zero attached hydrogens (tertiary/aromatic N) is 1. The molecule has 2 rings (SSSR count). The van der Waals surface area contributed by atoms with Gasteiger partial charge in [-0.3, -0.25) is 4.90 Å². The zero-order valence-electron chi connectivity index (χ0n) is 13.1. The summed E-state index contributed by atoms with van der Waals surface area (Å²) in [6.07, 6.45) is 1.21. The molecule has 0 bridgehead atoms. The van der Waals surface area contributed by atoms with Gasteiger partial charge in [0.25, 0.3) is 0 Å². The fourth-order valence-corrected chi connectivity index (χ4v) is 2.76. The Bertz CT molecular complexity index is 437. The van der Waals surface area contributed by atoms with Crippen LogP contribution in [0.25, 0.3) is 0 Å². The smallest absolute Gasteiger partial charge is 0.0281 e. The summed E-state index contributed by atoms with van der Waals surface area (Å²) in [5.41, 5.74) is 4.46. The zero-order valence-corrected chi connectivity index (χ0v) is 13.1. The van der Waals surface area contributed by atoms with Crippen molar-refractivity contribution in [3.05, 3.63) is 34.9 Å². The minimum Gasteiger partial charge on any atom is -0.311 e. The van der Waals surface area contributed by atoms with Crippen LogP contribution in [0.3, 0.4) is 0 Å². The van der Waals surface area contributed by atoms with Crippen LogP contribution in [0.4, 0.5) is 0 Å². The van der Waals surface area contributed by atoms with E-state index in [0.29, 0.717) is 6.04 Å². The van der Waals surface area contributed by atoms with Crippen LogP contribution in [0.1, 0.15) is 43.9 Å². The maximum atomic E-state index is 3.65. The summed E-state index contributed by atoms with van der Waals surface area (Å²) in [6, 6.07) is 7.51. The van der Waals surface area contributed by atoms with E-state index < -0.39 is 0 Å². The van der Waals surface area contributed by atoms with Crippen LogP contribution in [0.15, 0.2) is 18.2 Å². The number of piperazine rings is 1. The molecule has 19 heavy (non-hydrogen) atoms. The molecule has 1 aliphatic heterocycles. The Morgan fingerprint density at radius 2 is 2.00 bits per heavy atom. The SMILES string of the molecule is CCC1CN(Cc2ccc(C)c(C)c2)C(C)(C)CN1. The first-order valence-electron chi connectivity index (χ1n) is 7.47. The molecule has 1 fully saturated rings. The minimum atomic E-state index is 0.241. The van der Waals surface area contributed by atoms with E-state index in [0.717, 1.165) is 19.6 Å². The molecule has 0 aromatic heterocycles. The Balaban J connectivity index is 2.12. The minimum absolute atomic E-state index is 0.241. The lowest BCUT2D eigenvalue weighted by atomic mass is 9.95. The Morgan fingerprint density at radius 1 is 1.26 bits per heavy atom. The van der Waals surface area contributed by atoms with E-state index in [4.69, 9.17) is 0 Å². The van der Waals surface area contributed by atoms with Crippen LogP contribution in [0.5, 0.6) is 0 Å². The predicted molar refractivity (Wildman–Crippen MR) is 82.5 cm³/mol. The average Bonchev–Trinajstić information content (AvgIpc) is 2.36. The molecule has 106 valence electrons. The monoisotopic (exact) mass is 260 g/mol. The summed E-state index contributed by atoms with van der Waals surface area (Å²) < 4.78 is 0. The van der Waals surface area contributed by atoms with E-state index >= 15 is 0 Å². The molecular formula is C17H28N2. The van der Waals surface area contributed by atoms with Gasteiger partial charge in [0, 0.05) is 31.2 Å². The van der Waals surface area contributed by atoms with Crippen molar-refractivity contribution >= 4 is 0 Å². The van der Waals surface area contributed by atoms with Gasteiger partial charge in [0.15, 0.2) is 0 Å². The van der Waals surface area contributed by atoms with Crippen molar-refractivity contribution in [3.8, 4) is 0 Å². The van der Waals surface area contributed by atoms with Crippen molar-refractivity contribution < 1.29 is 0 Å². The van der Waals surface area contributed by atoms with Gasteiger partial charge in [-0.05, 0) is 50.8 Å². The molecule has 0 spiro atoms. The van der Waals surface area contributed by atoms with Crippen LogP contribution in [-0.4, -0.2) is 29.6 Å². The molecule has 1 aliphatic rings. The maximum Gasteiger partial charge on any atom is 0.0281 e. The summed E-state index contributed by atoms with van der Waals surface area (Å²) in [7, 11) is 0. The van der Waals surface area contributed by atoms with Crippen molar-refractivity contribution in [3.63, 3.8) is 0 Å². The highest BCUT2D eigenvalue weighted by Crippen LogP contribution is 2.23. The van der Waals surface area contributed by atoms with E-state index in [1.165, 1.54) is 23.1 Å². The number of benzene rings is 1. The molecule has 0 amide bonds. The molecule has 1 saturated heterocycles. The van der Waals surface area contributed by atoms with Crippen molar-refractivity contribution in [2.45, 2.75) is 59.2 Å². The third-order valence-electron chi connectivity index (χ3n) is 4.56. The van der Waals surface area contributed by atoms with Gasteiger partial charge >= 0.3 is 0 Å². The van der Waals surface area contributed by atoms with Crippen LogP contribution in [0, 0.1) is 13.8 Å². The predicted octanol–water partition coefficient (Wildman–Crippen LogP) is 3.27. The van der Waals surface area contributed by atoms with Gasteiger partial charge in [-0.15, -0.1) is 0 Å². The van der Waals surface area contributed by atoms with Gasteiger partial charge in [0.1, 0.15) is 0 Å². The lowest BCUT2D eigenvalue weighted by molar-refractivity contribution is 0.0577. The second kappa shape index (κ2) is 5.64. The van der Waals surface area contributed by atoms with E-state index in [1.807, 2.05) is 0 Å². The topological polar surface area (TPSA) is 15.3 Å². The normalized spacial score (nSPS) is 23.5. The number of aryl methyl sites for hydroxylation is 2. The summed E-state index contributed by atoms with van der Waals surface area (Å²) >= 11 is 0. The fraction of sp³-hybridized carbons (Fsp3) is 0.647. The maximum absolute atomic E-state index is 3.65. The molecule has 1 heterocycles. The number of hydrogen-bond donors (Lipinski definition) is 1. The first-order chi connectivity index (χ1) is 8.92. The van der Waals surface area contributed by atoms with Gasteiger partial charge in [-0.1, -0.05) is 25.1 Å². The number of nitrogens with one attached hydrogen (secondary N) is 1. The van der Waals surface area contributed by atoms with E-state index in [2.05, 4.69) is 63.0 Å². The first-order valence-corrected chi connectivity index (χ1v) is 7.47. The third kappa shape index (κ3) is 3.37. The standard InChI is InChI=1S/C17H28N2/c1-6-16-11-19(17(4,5)12-18-16)10-15-8-7-13(2)14(3)9-15/h7-9,16,18H,6,10-12H2,1-5H3. The van der Waals surface area contributed by atoms with E-state index in [-0.39, 0.29) is 5.54 Å². The van der Waals surface area contributed by atoms with Gasteiger partial charge in [0.2, 0.25) is 0 Å². The average molecular weight is 260 g/mol. The Morgan fingerprint density at radius 3 is 2.63 bits per heavy atom. The van der Waals surface area contributed by atoms with Gasteiger partial charge in [0.05, 0.1) is 0 Å². The molecule has 0 saturated carbocycles. The molecule has 0 radical (unpaired) electrons. The molecule has 0 aliphatic carbocycles. The summed E-state index contributed by atoms with van der Waals surface area (Å²) in [4.78, 5) is 2.63. The Labute approximate surface area is 118 Å². The molecule has 1 N–H and O–H groups in total. The molecule has 1 aromatic carbocycles. The molecule has 1 atom stereocenters. The Kier molecular flexibility index (Phi) is 4.32. The number of rotatable bonds is 3. The third-order valence-corrected chi connectivity index (χ3v) is 4.56. The highest BCUT2D eigenvalue weighted by atomic mass is 15.3. The summed E-state index contributed by atoms with van der Waals surface area (Å²) in [6.45, 7) is 14.6. The first kappa shape index (κ1) is 14.5. The molecule has 1 aromatic rings. The van der Waals surface area contributed by atoms with E-state index in [1.54, 1.807) is 0 Å².